The Morgan fingerprint density at radius 1 is 1.14 bits per heavy atom. The number of aryl methyl sites for hydroxylation is 1. The highest BCUT2D eigenvalue weighted by Crippen LogP contribution is 2.27. The number of morpholine rings is 1. The van der Waals surface area contributed by atoms with Crippen LogP contribution in [0.1, 0.15) is 25.8 Å². The molecule has 4 rings (SSSR count). The number of fused-ring (bicyclic) bond motifs is 1. The van der Waals surface area contributed by atoms with Gasteiger partial charge in [-0.05, 0) is 67.2 Å². The average molecular weight is 399 g/mol. The number of anilines is 2. The Hall–Kier alpha value is -1.92. The third-order valence-electron chi connectivity index (χ3n) is 5.74. The molecule has 0 bridgehead atoms. The molecule has 0 spiro atoms. The third kappa shape index (κ3) is 4.23. The van der Waals surface area contributed by atoms with Gasteiger partial charge in [0.25, 0.3) is 0 Å². The van der Waals surface area contributed by atoms with E-state index in [9.17, 15) is 0 Å². The van der Waals surface area contributed by atoms with Gasteiger partial charge < -0.3 is 19.9 Å². The van der Waals surface area contributed by atoms with Crippen LogP contribution in [0.2, 0.25) is 0 Å². The van der Waals surface area contributed by atoms with Crippen molar-refractivity contribution in [3.63, 3.8) is 0 Å². The summed E-state index contributed by atoms with van der Waals surface area (Å²) in [6.45, 7) is 12.2. The molecule has 3 heterocycles. The summed E-state index contributed by atoms with van der Waals surface area (Å²) >= 11 is 5.70. The number of ether oxygens (including phenoxy) is 1. The molecule has 0 radical (unpaired) electrons. The van der Waals surface area contributed by atoms with Crippen LogP contribution in [0.4, 0.5) is 11.5 Å². The fourth-order valence-electron chi connectivity index (χ4n) is 4.44. The van der Waals surface area contributed by atoms with Crippen LogP contribution in [0.5, 0.6) is 0 Å². The molecule has 6 heteroatoms. The second kappa shape index (κ2) is 8.21. The van der Waals surface area contributed by atoms with Gasteiger partial charge in [0.05, 0.1) is 18.7 Å². The third-order valence-corrected chi connectivity index (χ3v) is 6.10. The summed E-state index contributed by atoms with van der Waals surface area (Å²) in [6.07, 6.45) is 1.28. The Morgan fingerprint density at radius 2 is 1.86 bits per heavy atom. The SMILES string of the molecule is Cc1cc(N2CCOCC2)nc2ccc(NC(=S)N3CC(C)CC(C)C3)cc12. The number of hydrogen-bond donors (Lipinski definition) is 1. The van der Waals surface area contributed by atoms with Crippen LogP contribution < -0.4 is 10.2 Å². The van der Waals surface area contributed by atoms with E-state index in [1.54, 1.807) is 0 Å². The molecule has 2 aliphatic heterocycles. The number of likely N-dealkylation sites (tertiary alicyclic amines) is 1. The van der Waals surface area contributed by atoms with E-state index >= 15 is 0 Å². The molecule has 2 fully saturated rings. The van der Waals surface area contributed by atoms with E-state index in [4.69, 9.17) is 21.9 Å². The van der Waals surface area contributed by atoms with Crippen molar-refractivity contribution in [2.45, 2.75) is 27.2 Å². The number of rotatable bonds is 2. The summed E-state index contributed by atoms with van der Waals surface area (Å²) in [6, 6.07) is 8.53. The van der Waals surface area contributed by atoms with Gasteiger partial charge in [-0.3, -0.25) is 0 Å². The minimum atomic E-state index is 0.685. The number of pyridine rings is 1. The quantitative estimate of drug-likeness (QED) is 0.770. The Morgan fingerprint density at radius 3 is 2.57 bits per heavy atom. The Kier molecular flexibility index (Phi) is 5.69. The van der Waals surface area contributed by atoms with Crippen molar-refractivity contribution >= 4 is 39.7 Å². The van der Waals surface area contributed by atoms with Crippen molar-refractivity contribution in [1.82, 2.24) is 9.88 Å². The Labute approximate surface area is 173 Å². The van der Waals surface area contributed by atoms with Crippen LogP contribution in [0.15, 0.2) is 24.3 Å². The van der Waals surface area contributed by atoms with Crippen molar-refractivity contribution in [2.75, 3.05) is 49.6 Å². The molecule has 0 amide bonds. The molecule has 0 aliphatic carbocycles. The van der Waals surface area contributed by atoms with E-state index < -0.39 is 0 Å². The second-order valence-electron chi connectivity index (χ2n) is 8.41. The van der Waals surface area contributed by atoms with Gasteiger partial charge in [0.1, 0.15) is 5.82 Å². The minimum absolute atomic E-state index is 0.685. The summed E-state index contributed by atoms with van der Waals surface area (Å²) < 4.78 is 5.46. The number of nitrogens with zero attached hydrogens (tertiary/aromatic N) is 3. The molecule has 1 aromatic carbocycles. The summed E-state index contributed by atoms with van der Waals surface area (Å²) in [7, 11) is 0. The molecule has 5 nitrogen and oxygen atoms in total. The van der Waals surface area contributed by atoms with E-state index in [1.807, 2.05) is 0 Å². The molecule has 0 saturated carbocycles. The van der Waals surface area contributed by atoms with Crippen LogP contribution in [-0.2, 0) is 4.74 Å². The molecule has 150 valence electrons. The molecular formula is C22H30N4OS. The lowest BCUT2D eigenvalue weighted by atomic mass is 9.92. The standard InChI is InChI=1S/C22H30N4OS/c1-15-10-16(2)14-26(13-15)22(28)23-18-4-5-20-19(12-18)17(3)11-21(24-20)25-6-8-27-9-7-25/h4-5,11-12,15-16H,6-10,13-14H2,1-3H3,(H,23,28). The average Bonchev–Trinajstić information content (AvgIpc) is 2.68. The zero-order valence-electron chi connectivity index (χ0n) is 17.1. The molecule has 2 atom stereocenters. The van der Waals surface area contributed by atoms with Crippen LogP contribution in [-0.4, -0.2) is 54.4 Å². The van der Waals surface area contributed by atoms with Crippen molar-refractivity contribution in [2.24, 2.45) is 11.8 Å². The molecular weight excluding hydrogens is 368 g/mol. The number of hydrogen-bond acceptors (Lipinski definition) is 4. The van der Waals surface area contributed by atoms with Crippen LogP contribution in [0, 0.1) is 18.8 Å². The van der Waals surface area contributed by atoms with E-state index in [2.05, 4.69) is 60.2 Å². The van der Waals surface area contributed by atoms with E-state index in [0.717, 1.165) is 61.5 Å². The first-order valence-corrected chi connectivity index (χ1v) is 10.7. The van der Waals surface area contributed by atoms with Crippen LogP contribution in [0.25, 0.3) is 10.9 Å². The first kappa shape index (κ1) is 19.4. The number of nitrogens with one attached hydrogen (secondary N) is 1. The van der Waals surface area contributed by atoms with Gasteiger partial charge in [0.2, 0.25) is 0 Å². The maximum absolute atomic E-state index is 5.70. The van der Waals surface area contributed by atoms with Crippen LogP contribution in [0.3, 0.4) is 0 Å². The first-order chi connectivity index (χ1) is 13.5. The summed E-state index contributed by atoms with van der Waals surface area (Å²) in [5.41, 5.74) is 3.30. The normalized spacial score (nSPS) is 23.1. The molecule has 2 aliphatic rings. The maximum atomic E-state index is 5.70. The highest BCUT2D eigenvalue weighted by atomic mass is 32.1. The zero-order chi connectivity index (χ0) is 19.7. The fourth-order valence-corrected chi connectivity index (χ4v) is 4.71. The summed E-state index contributed by atoms with van der Waals surface area (Å²) in [5, 5.41) is 5.45. The lowest BCUT2D eigenvalue weighted by Crippen LogP contribution is -2.44. The molecule has 28 heavy (non-hydrogen) atoms. The smallest absolute Gasteiger partial charge is 0.173 e. The van der Waals surface area contributed by atoms with Crippen molar-refractivity contribution in [3.05, 3.63) is 29.8 Å². The van der Waals surface area contributed by atoms with Gasteiger partial charge in [-0.15, -0.1) is 0 Å². The molecule has 2 aromatic rings. The second-order valence-corrected chi connectivity index (χ2v) is 8.80. The predicted molar refractivity (Wildman–Crippen MR) is 120 cm³/mol. The number of piperidine rings is 1. The number of benzene rings is 1. The molecule has 1 aromatic heterocycles. The number of thiocarbonyl (C=S) groups is 1. The highest BCUT2D eigenvalue weighted by molar-refractivity contribution is 7.80. The molecule has 2 unspecified atom stereocenters. The van der Waals surface area contributed by atoms with Gasteiger partial charge >= 0.3 is 0 Å². The van der Waals surface area contributed by atoms with Crippen molar-refractivity contribution in [3.8, 4) is 0 Å². The first-order valence-electron chi connectivity index (χ1n) is 10.3. The zero-order valence-corrected chi connectivity index (χ0v) is 17.9. The van der Waals surface area contributed by atoms with Gasteiger partial charge in [-0.25, -0.2) is 4.98 Å². The van der Waals surface area contributed by atoms with Gasteiger partial charge in [0.15, 0.2) is 5.11 Å². The topological polar surface area (TPSA) is 40.6 Å². The van der Waals surface area contributed by atoms with Gasteiger partial charge in [-0.2, -0.15) is 0 Å². The maximum Gasteiger partial charge on any atom is 0.173 e. The monoisotopic (exact) mass is 398 g/mol. The van der Waals surface area contributed by atoms with E-state index in [-0.39, 0.29) is 0 Å². The Balaban J connectivity index is 1.52. The van der Waals surface area contributed by atoms with E-state index in [0.29, 0.717) is 11.8 Å². The predicted octanol–water partition coefficient (Wildman–Crippen LogP) is 4.05. The van der Waals surface area contributed by atoms with Gasteiger partial charge in [-0.1, -0.05) is 13.8 Å². The lowest BCUT2D eigenvalue weighted by Gasteiger charge is -2.36. The summed E-state index contributed by atoms with van der Waals surface area (Å²) in [5.74, 6) is 2.41. The highest BCUT2D eigenvalue weighted by Gasteiger charge is 2.23. The molecule has 2 saturated heterocycles. The summed E-state index contributed by atoms with van der Waals surface area (Å²) in [4.78, 5) is 9.50. The van der Waals surface area contributed by atoms with Crippen molar-refractivity contribution < 1.29 is 4.74 Å². The minimum Gasteiger partial charge on any atom is -0.378 e. The van der Waals surface area contributed by atoms with E-state index in [1.165, 1.54) is 17.4 Å². The molecule has 1 N–H and O–H groups in total. The Bertz CT molecular complexity index is 855. The fraction of sp³-hybridized carbons (Fsp3) is 0.545. The number of aromatic nitrogens is 1. The van der Waals surface area contributed by atoms with Gasteiger partial charge in [0, 0.05) is 37.3 Å². The lowest BCUT2D eigenvalue weighted by molar-refractivity contribution is 0.122. The van der Waals surface area contributed by atoms with Crippen molar-refractivity contribution in [1.29, 1.82) is 0 Å². The van der Waals surface area contributed by atoms with Crippen LogP contribution >= 0.6 is 12.2 Å². The largest absolute Gasteiger partial charge is 0.378 e.